The molecule has 0 spiro atoms. The highest BCUT2D eigenvalue weighted by Crippen LogP contribution is 2.14. The molecule has 0 heterocycles. The minimum atomic E-state index is -1.43. The van der Waals surface area contributed by atoms with Gasteiger partial charge >= 0.3 is 23.9 Å². The summed E-state index contributed by atoms with van der Waals surface area (Å²) in [6.45, 7) is 0.972. The monoisotopic (exact) mass is 252 g/mol. The lowest BCUT2D eigenvalue weighted by Crippen LogP contribution is -2.15. The van der Waals surface area contributed by atoms with Crippen LogP contribution in [0.25, 0.3) is 0 Å². The van der Waals surface area contributed by atoms with Crippen LogP contribution in [0.5, 0.6) is 0 Å². The number of hydrogen-bond donors (Lipinski definition) is 2. The number of ether oxygens (including phenoxy) is 1. The SMILES string of the molecule is CC(=O)OC(=O)c1cc(C(=O)O)ccc1C(=O)O. The predicted molar refractivity (Wildman–Crippen MR) is 56.5 cm³/mol. The zero-order chi connectivity index (χ0) is 13.9. The van der Waals surface area contributed by atoms with E-state index < -0.39 is 35.0 Å². The number of aromatic carboxylic acids is 2. The van der Waals surface area contributed by atoms with Crippen molar-refractivity contribution < 1.29 is 34.1 Å². The van der Waals surface area contributed by atoms with Crippen LogP contribution in [0.4, 0.5) is 0 Å². The molecule has 1 aromatic rings. The molecule has 0 amide bonds. The Labute approximate surface area is 101 Å². The summed E-state index contributed by atoms with van der Waals surface area (Å²) in [6, 6.07) is 2.84. The third-order valence-electron chi connectivity index (χ3n) is 1.95. The standard InChI is InChI=1S/C11H8O7/c1-5(12)18-11(17)8-4-6(9(13)14)2-3-7(8)10(15)16/h2-4H,1H3,(H,13,14)(H,15,16). The molecule has 0 atom stereocenters. The van der Waals surface area contributed by atoms with Crippen molar-refractivity contribution in [2.45, 2.75) is 6.92 Å². The van der Waals surface area contributed by atoms with Crippen LogP contribution in [0.3, 0.4) is 0 Å². The van der Waals surface area contributed by atoms with E-state index in [0.717, 1.165) is 25.1 Å². The zero-order valence-corrected chi connectivity index (χ0v) is 9.17. The lowest BCUT2D eigenvalue weighted by molar-refractivity contribution is -0.135. The molecule has 2 N–H and O–H groups in total. The van der Waals surface area contributed by atoms with Crippen LogP contribution >= 0.6 is 0 Å². The van der Waals surface area contributed by atoms with E-state index in [1.807, 2.05) is 0 Å². The third kappa shape index (κ3) is 2.91. The molecule has 1 aromatic carbocycles. The third-order valence-corrected chi connectivity index (χ3v) is 1.95. The van der Waals surface area contributed by atoms with Gasteiger partial charge in [0.15, 0.2) is 0 Å². The smallest absolute Gasteiger partial charge is 0.346 e. The van der Waals surface area contributed by atoms with Gasteiger partial charge in [-0.1, -0.05) is 0 Å². The highest BCUT2D eigenvalue weighted by molar-refractivity contribution is 6.06. The summed E-state index contributed by atoms with van der Waals surface area (Å²) in [5, 5.41) is 17.6. The molecule has 0 unspecified atom stereocenters. The van der Waals surface area contributed by atoms with Crippen LogP contribution in [0.1, 0.15) is 38.0 Å². The number of rotatable bonds is 3. The summed E-state index contributed by atoms with van der Waals surface area (Å²) in [5.74, 6) is -4.88. The Morgan fingerprint density at radius 2 is 1.61 bits per heavy atom. The topological polar surface area (TPSA) is 118 Å². The van der Waals surface area contributed by atoms with E-state index in [9.17, 15) is 19.2 Å². The Balaban J connectivity index is 3.31. The fourth-order valence-corrected chi connectivity index (χ4v) is 1.22. The number of carboxylic acid groups (broad SMARTS) is 2. The van der Waals surface area contributed by atoms with E-state index in [4.69, 9.17) is 10.2 Å². The minimum absolute atomic E-state index is 0.282. The van der Waals surface area contributed by atoms with Crippen molar-refractivity contribution in [3.05, 3.63) is 34.9 Å². The van der Waals surface area contributed by atoms with Gasteiger partial charge < -0.3 is 14.9 Å². The minimum Gasteiger partial charge on any atom is -0.478 e. The number of carbonyl (C=O) groups is 4. The van der Waals surface area contributed by atoms with Crippen molar-refractivity contribution in [3.63, 3.8) is 0 Å². The second-order valence-electron chi connectivity index (χ2n) is 3.25. The molecule has 0 aliphatic carbocycles. The molecule has 94 valence electrons. The molecule has 0 radical (unpaired) electrons. The van der Waals surface area contributed by atoms with E-state index in [2.05, 4.69) is 4.74 Å². The van der Waals surface area contributed by atoms with Crippen molar-refractivity contribution in [2.24, 2.45) is 0 Å². The Bertz CT molecular complexity index is 544. The highest BCUT2D eigenvalue weighted by atomic mass is 16.6. The van der Waals surface area contributed by atoms with Crippen LogP contribution in [-0.2, 0) is 9.53 Å². The first kappa shape index (κ1) is 13.4. The average Bonchev–Trinajstić information content (AvgIpc) is 2.26. The van der Waals surface area contributed by atoms with Crippen LogP contribution in [0.2, 0.25) is 0 Å². The van der Waals surface area contributed by atoms with Crippen LogP contribution < -0.4 is 0 Å². The van der Waals surface area contributed by atoms with E-state index in [1.165, 1.54) is 0 Å². The molecule has 0 bridgehead atoms. The molecule has 18 heavy (non-hydrogen) atoms. The van der Waals surface area contributed by atoms with Crippen LogP contribution in [0.15, 0.2) is 18.2 Å². The molecule has 0 aliphatic rings. The maximum Gasteiger partial charge on any atom is 0.346 e. The zero-order valence-electron chi connectivity index (χ0n) is 9.17. The van der Waals surface area contributed by atoms with Crippen molar-refractivity contribution in [2.75, 3.05) is 0 Å². The molecule has 0 saturated heterocycles. The second-order valence-corrected chi connectivity index (χ2v) is 3.25. The Morgan fingerprint density at radius 3 is 2.06 bits per heavy atom. The first-order valence-electron chi connectivity index (χ1n) is 4.66. The van der Waals surface area contributed by atoms with E-state index in [0.29, 0.717) is 0 Å². The molecule has 0 saturated carbocycles. The number of carbonyl (C=O) groups excluding carboxylic acids is 2. The van der Waals surface area contributed by atoms with Crippen LogP contribution in [0, 0.1) is 0 Å². The van der Waals surface area contributed by atoms with Gasteiger partial charge in [0, 0.05) is 6.92 Å². The molecular weight excluding hydrogens is 244 g/mol. The number of benzene rings is 1. The van der Waals surface area contributed by atoms with Gasteiger partial charge in [-0.05, 0) is 18.2 Å². The lowest BCUT2D eigenvalue weighted by atomic mass is 10.0. The summed E-state index contributed by atoms with van der Waals surface area (Å²) < 4.78 is 4.23. The first-order chi connectivity index (χ1) is 8.32. The van der Waals surface area contributed by atoms with Gasteiger partial charge in [0.05, 0.1) is 16.7 Å². The Hall–Kier alpha value is -2.70. The molecule has 0 aromatic heterocycles. The van der Waals surface area contributed by atoms with E-state index in [-0.39, 0.29) is 5.56 Å². The van der Waals surface area contributed by atoms with Gasteiger partial charge in [0.2, 0.25) is 0 Å². The van der Waals surface area contributed by atoms with Crippen molar-refractivity contribution >= 4 is 23.9 Å². The van der Waals surface area contributed by atoms with Crippen LogP contribution in [-0.4, -0.2) is 34.1 Å². The maximum atomic E-state index is 11.5. The molecule has 7 nitrogen and oxygen atoms in total. The first-order valence-corrected chi connectivity index (χ1v) is 4.66. The Morgan fingerprint density at radius 1 is 1.00 bits per heavy atom. The fraction of sp³-hybridized carbons (Fsp3) is 0.0909. The second kappa shape index (κ2) is 5.09. The van der Waals surface area contributed by atoms with Crippen molar-refractivity contribution in [1.29, 1.82) is 0 Å². The molecule has 7 heteroatoms. The number of carboxylic acids is 2. The number of esters is 2. The quantitative estimate of drug-likeness (QED) is 0.602. The van der Waals surface area contributed by atoms with Crippen molar-refractivity contribution in [1.82, 2.24) is 0 Å². The van der Waals surface area contributed by atoms with Gasteiger partial charge in [-0.25, -0.2) is 14.4 Å². The predicted octanol–water partition coefficient (Wildman–Crippen LogP) is 0.786. The van der Waals surface area contributed by atoms with E-state index >= 15 is 0 Å². The van der Waals surface area contributed by atoms with Gasteiger partial charge in [0.1, 0.15) is 0 Å². The summed E-state index contributed by atoms with van der Waals surface area (Å²) in [6.07, 6.45) is 0. The molecule has 0 fully saturated rings. The Kier molecular flexibility index (Phi) is 3.78. The molecule has 1 rings (SSSR count). The van der Waals surface area contributed by atoms with E-state index in [1.54, 1.807) is 0 Å². The largest absolute Gasteiger partial charge is 0.478 e. The van der Waals surface area contributed by atoms with Gasteiger partial charge in [-0.15, -0.1) is 0 Å². The number of hydrogen-bond acceptors (Lipinski definition) is 5. The van der Waals surface area contributed by atoms with Gasteiger partial charge in [-0.3, -0.25) is 4.79 Å². The highest BCUT2D eigenvalue weighted by Gasteiger charge is 2.21. The molecule has 0 aliphatic heterocycles. The van der Waals surface area contributed by atoms with Gasteiger partial charge in [0.25, 0.3) is 0 Å². The molecular formula is C11H8O7. The summed E-state index contributed by atoms with van der Waals surface area (Å²) in [5.41, 5.74) is -1.21. The lowest BCUT2D eigenvalue weighted by Gasteiger charge is -2.05. The van der Waals surface area contributed by atoms with Crippen molar-refractivity contribution in [3.8, 4) is 0 Å². The summed E-state index contributed by atoms with van der Waals surface area (Å²) >= 11 is 0. The maximum absolute atomic E-state index is 11.5. The summed E-state index contributed by atoms with van der Waals surface area (Å²) in [4.78, 5) is 43.6. The fourth-order valence-electron chi connectivity index (χ4n) is 1.22. The van der Waals surface area contributed by atoms with Gasteiger partial charge in [-0.2, -0.15) is 0 Å². The normalized spacial score (nSPS) is 9.61. The average molecular weight is 252 g/mol. The summed E-state index contributed by atoms with van der Waals surface area (Å²) in [7, 11) is 0.